The third kappa shape index (κ3) is 1.80. The molecule has 0 saturated heterocycles. The monoisotopic (exact) mass is 195 g/mol. The first-order valence-corrected chi connectivity index (χ1v) is 5.33. The first-order valence-electron chi connectivity index (χ1n) is 5.33. The fourth-order valence-electron chi connectivity index (χ4n) is 2.26. The molecule has 0 bridgehead atoms. The van der Waals surface area contributed by atoms with Crippen LogP contribution < -0.4 is 0 Å². The summed E-state index contributed by atoms with van der Waals surface area (Å²) in [5, 5.41) is 14.0. The lowest BCUT2D eigenvalue weighted by Gasteiger charge is -2.32. The fraction of sp³-hybridized carbons (Fsp3) is 0.800. The molecule has 14 heavy (non-hydrogen) atoms. The minimum absolute atomic E-state index is 0.135. The number of rotatable bonds is 2. The molecule has 4 nitrogen and oxygen atoms in total. The Morgan fingerprint density at radius 3 is 3.00 bits per heavy atom. The summed E-state index contributed by atoms with van der Waals surface area (Å²) in [4.78, 5) is 3.92. The summed E-state index contributed by atoms with van der Waals surface area (Å²) in [5.74, 6) is 0.729. The van der Waals surface area contributed by atoms with Gasteiger partial charge in [-0.25, -0.2) is 9.67 Å². The lowest BCUT2D eigenvalue weighted by Crippen LogP contribution is -2.31. The molecular weight excluding hydrogens is 178 g/mol. The van der Waals surface area contributed by atoms with E-state index < -0.39 is 0 Å². The Morgan fingerprint density at radius 2 is 2.36 bits per heavy atom. The van der Waals surface area contributed by atoms with Gasteiger partial charge in [0, 0.05) is 0 Å². The first-order chi connectivity index (χ1) is 6.81. The summed E-state index contributed by atoms with van der Waals surface area (Å²) >= 11 is 0. The molecule has 1 fully saturated rings. The first kappa shape index (κ1) is 9.65. The van der Waals surface area contributed by atoms with E-state index in [1.807, 2.05) is 0 Å². The Hall–Kier alpha value is -0.900. The SMILES string of the molecule is CCC1CCC(O)C(n2cncn2)C1. The Bertz CT molecular complexity index is 273. The van der Waals surface area contributed by atoms with E-state index in [0.717, 1.165) is 25.2 Å². The third-order valence-corrected chi connectivity index (χ3v) is 3.24. The van der Waals surface area contributed by atoms with Gasteiger partial charge in [0.15, 0.2) is 0 Å². The average molecular weight is 195 g/mol. The summed E-state index contributed by atoms with van der Waals surface area (Å²) in [5.41, 5.74) is 0. The molecule has 1 aliphatic carbocycles. The highest BCUT2D eigenvalue weighted by atomic mass is 16.3. The predicted octanol–water partition coefficient (Wildman–Crippen LogP) is 1.39. The van der Waals surface area contributed by atoms with Gasteiger partial charge in [0.05, 0.1) is 12.1 Å². The van der Waals surface area contributed by atoms with Gasteiger partial charge >= 0.3 is 0 Å². The molecule has 0 spiro atoms. The van der Waals surface area contributed by atoms with E-state index in [4.69, 9.17) is 0 Å². The summed E-state index contributed by atoms with van der Waals surface area (Å²) in [7, 11) is 0. The predicted molar refractivity (Wildman–Crippen MR) is 52.7 cm³/mol. The topological polar surface area (TPSA) is 50.9 Å². The largest absolute Gasteiger partial charge is 0.391 e. The summed E-state index contributed by atoms with van der Waals surface area (Å²) in [6.07, 6.45) is 7.23. The molecule has 0 amide bonds. The maximum Gasteiger partial charge on any atom is 0.137 e. The lowest BCUT2D eigenvalue weighted by atomic mass is 9.82. The molecular formula is C10H17N3O. The van der Waals surface area contributed by atoms with Crippen molar-refractivity contribution in [1.82, 2.24) is 14.8 Å². The highest BCUT2D eigenvalue weighted by molar-refractivity contribution is 4.83. The van der Waals surface area contributed by atoms with Crippen LogP contribution in [-0.2, 0) is 0 Å². The van der Waals surface area contributed by atoms with Crippen molar-refractivity contribution in [2.24, 2.45) is 5.92 Å². The number of aromatic nitrogens is 3. The van der Waals surface area contributed by atoms with Gasteiger partial charge in [-0.3, -0.25) is 0 Å². The van der Waals surface area contributed by atoms with Gasteiger partial charge < -0.3 is 5.11 Å². The molecule has 1 N–H and O–H groups in total. The number of aliphatic hydroxyl groups is 1. The summed E-state index contributed by atoms with van der Waals surface area (Å²) in [6.45, 7) is 2.21. The second kappa shape index (κ2) is 4.09. The van der Waals surface area contributed by atoms with Crippen molar-refractivity contribution in [3.8, 4) is 0 Å². The molecule has 0 aromatic carbocycles. The molecule has 1 aromatic rings. The van der Waals surface area contributed by atoms with E-state index in [1.54, 1.807) is 11.0 Å². The van der Waals surface area contributed by atoms with Crippen LogP contribution >= 0.6 is 0 Å². The average Bonchev–Trinajstić information content (AvgIpc) is 2.71. The van der Waals surface area contributed by atoms with Crippen LogP contribution in [0.5, 0.6) is 0 Å². The fourth-order valence-corrected chi connectivity index (χ4v) is 2.26. The van der Waals surface area contributed by atoms with Gasteiger partial charge in [-0.15, -0.1) is 0 Å². The number of hydrogen-bond donors (Lipinski definition) is 1. The van der Waals surface area contributed by atoms with Gasteiger partial charge in [0.2, 0.25) is 0 Å². The molecule has 1 heterocycles. The van der Waals surface area contributed by atoms with Crippen molar-refractivity contribution in [1.29, 1.82) is 0 Å². The zero-order valence-corrected chi connectivity index (χ0v) is 8.50. The van der Waals surface area contributed by atoms with E-state index in [9.17, 15) is 5.11 Å². The van der Waals surface area contributed by atoms with Crippen LogP contribution in [0.2, 0.25) is 0 Å². The maximum absolute atomic E-state index is 9.87. The third-order valence-electron chi connectivity index (χ3n) is 3.24. The molecule has 1 aromatic heterocycles. The van der Waals surface area contributed by atoms with Crippen molar-refractivity contribution >= 4 is 0 Å². The minimum Gasteiger partial charge on any atom is -0.391 e. The van der Waals surface area contributed by atoms with Crippen LogP contribution in [0, 0.1) is 5.92 Å². The van der Waals surface area contributed by atoms with Crippen molar-refractivity contribution < 1.29 is 5.11 Å². The molecule has 1 saturated carbocycles. The van der Waals surface area contributed by atoms with E-state index in [1.165, 1.54) is 12.7 Å². The van der Waals surface area contributed by atoms with Crippen molar-refractivity contribution in [3.63, 3.8) is 0 Å². The molecule has 2 rings (SSSR count). The second-order valence-corrected chi connectivity index (χ2v) is 4.10. The van der Waals surface area contributed by atoms with Crippen LogP contribution in [0.4, 0.5) is 0 Å². The minimum atomic E-state index is -0.250. The summed E-state index contributed by atoms with van der Waals surface area (Å²) < 4.78 is 1.80. The zero-order chi connectivity index (χ0) is 9.97. The smallest absolute Gasteiger partial charge is 0.137 e. The second-order valence-electron chi connectivity index (χ2n) is 4.10. The molecule has 1 aliphatic rings. The van der Waals surface area contributed by atoms with Gasteiger partial charge in [0.1, 0.15) is 12.7 Å². The lowest BCUT2D eigenvalue weighted by molar-refractivity contribution is 0.0474. The van der Waals surface area contributed by atoms with Crippen LogP contribution in [0.25, 0.3) is 0 Å². The Labute approximate surface area is 84.0 Å². The van der Waals surface area contributed by atoms with Crippen LogP contribution in [0.1, 0.15) is 38.6 Å². The van der Waals surface area contributed by atoms with E-state index in [2.05, 4.69) is 17.0 Å². The molecule has 0 aliphatic heterocycles. The Balaban J connectivity index is 2.09. The molecule has 78 valence electrons. The normalized spacial score (nSPS) is 33.1. The van der Waals surface area contributed by atoms with Crippen molar-refractivity contribution in [2.75, 3.05) is 0 Å². The Morgan fingerprint density at radius 1 is 1.50 bits per heavy atom. The molecule has 3 atom stereocenters. The Kier molecular flexibility index (Phi) is 2.82. The van der Waals surface area contributed by atoms with Crippen molar-refractivity contribution in [3.05, 3.63) is 12.7 Å². The number of aliphatic hydroxyl groups excluding tert-OH is 1. The van der Waals surface area contributed by atoms with Crippen LogP contribution in [0.3, 0.4) is 0 Å². The molecule has 0 radical (unpaired) electrons. The van der Waals surface area contributed by atoms with Crippen LogP contribution in [-0.4, -0.2) is 26.0 Å². The van der Waals surface area contributed by atoms with E-state index >= 15 is 0 Å². The van der Waals surface area contributed by atoms with Gasteiger partial charge in [-0.05, 0) is 25.2 Å². The summed E-state index contributed by atoms with van der Waals surface area (Å²) in [6, 6.07) is 0.135. The molecule has 3 unspecified atom stereocenters. The van der Waals surface area contributed by atoms with Crippen LogP contribution in [0.15, 0.2) is 12.7 Å². The van der Waals surface area contributed by atoms with Gasteiger partial charge in [-0.2, -0.15) is 5.10 Å². The van der Waals surface area contributed by atoms with Gasteiger partial charge in [0.25, 0.3) is 0 Å². The number of hydrogen-bond acceptors (Lipinski definition) is 3. The van der Waals surface area contributed by atoms with Gasteiger partial charge in [-0.1, -0.05) is 13.3 Å². The van der Waals surface area contributed by atoms with E-state index in [-0.39, 0.29) is 12.1 Å². The van der Waals surface area contributed by atoms with E-state index in [0.29, 0.717) is 0 Å². The standard InChI is InChI=1S/C10H17N3O/c1-2-8-3-4-10(14)9(5-8)13-7-11-6-12-13/h6-10,14H,2-5H2,1H3. The highest BCUT2D eigenvalue weighted by Crippen LogP contribution is 2.33. The number of nitrogens with zero attached hydrogens (tertiary/aromatic N) is 3. The highest BCUT2D eigenvalue weighted by Gasteiger charge is 2.29. The quantitative estimate of drug-likeness (QED) is 0.775. The maximum atomic E-state index is 9.87. The zero-order valence-electron chi connectivity index (χ0n) is 8.50. The molecule has 4 heteroatoms. The van der Waals surface area contributed by atoms with Crippen molar-refractivity contribution in [2.45, 2.75) is 44.8 Å².